The number of rotatable bonds is 0. The van der Waals surface area contributed by atoms with Crippen molar-refractivity contribution < 1.29 is 0 Å². The van der Waals surface area contributed by atoms with E-state index in [1.807, 2.05) is 23.5 Å². The molecular weight excluding hydrogens is 160 g/mol. The molecule has 0 N–H and O–H groups in total. The molecule has 10 heavy (non-hydrogen) atoms. The van der Waals surface area contributed by atoms with E-state index in [-0.39, 0.29) is 0 Å². The predicted octanol–water partition coefficient (Wildman–Crippen LogP) is 3.97. The summed E-state index contributed by atoms with van der Waals surface area (Å²) < 4.78 is 0. The highest BCUT2D eigenvalue weighted by atomic mass is 32.2. The minimum atomic E-state index is 1.45. The van der Waals surface area contributed by atoms with Crippen molar-refractivity contribution in [2.75, 3.05) is 0 Å². The van der Waals surface area contributed by atoms with Crippen molar-refractivity contribution in [2.45, 2.75) is 27.7 Å². The van der Waals surface area contributed by atoms with Gasteiger partial charge in [-0.15, -0.1) is 0 Å². The van der Waals surface area contributed by atoms with E-state index in [2.05, 4.69) is 27.7 Å². The fourth-order valence-corrected chi connectivity index (χ4v) is 2.74. The van der Waals surface area contributed by atoms with E-state index >= 15 is 0 Å². The van der Waals surface area contributed by atoms with Crippen LogP contribution in [0.1, 0.15) is 27.7 Å². The van der Waals surface area contributed by atoms with Crippen LogP contribution in [-0.4, -0.2) is 0 Å². The predicted molar refractivity (Wildman–Crippen MR) is 51.9 cm³/mol. The lowest BCUT2D eigenvalue weighted by atomic mass is 10.5. The first kappa shape index (κ1) is 8.28. The molecule has 0 atom stereocenters. The topological polar surface area (TPSA) is 0 Å². The van der Waals surface area contributed by atoms with Crippen LogP contribution in [0.5, 0.6) is 0 Å². The minimum Gasteiger partial charge on any atom is -0.0979 e. The molecule has 1 aliphatic rings. The molecule has 0 saturated heterocycles. The molecule has 0 fully saturated rings. The summed E-state index contributed by atoms with van der Waals surface area (Å²) in [5, 5.41) is 0. The van der Waals surface area contributed by atoms with Crippen LogP contribution in [0.3, 0.4) is 0 Å². The van der Waals surface area contributed by atoms with Crippen molar-refractivity contribution in [3.8, 4) is 0 Å². The number of hydrogen-bond donors (Lipinski definition) is 0. The van der Waals surface area contributed by atoms with Gasteiger partial charge in [-0.2, -0.15) is 0 Å². The summed E-state index contributed by atoms with van der Waals surface area (Å²) in [7, 11) is 0. The summed E-state index contributed by atoms with van der Waals surface area (Å²) in [5.74, 6) is 0. The SMILES string of the molecule is CC1=C(C)SC(C)=C(C)S1. The van der Waals surface area contributed by atoms with Gasteiger partial charge < -0.3 is 0 Å². The quantitative estimate of drug-likeness (QED) is 0.542. The Kier molecular flexibility index (Phi) is 2.53. The van der Waals surface area contributed by atoms with Crippen molar-refractivity contribution in [1.29, 1.82) is 0 Å². The van der Waals surface area contributed by atoms with Gasteiger partial charge in [0, 0.05) is 0 Å². The van der Waals surface area contributed by atoms with E-state index in [1.54, 1.807) is 0 Å². The summed E-state index contributed by atoms with van der Waals surface area (Å²) in [4.78, 5) is 5.81. The molecule has 0 aromatic rings. The number of hydrogen-bond acceptors (Lipinski definition) is 2. The molecule has 56 valence electrons. The first-order valence-corrected chi connectivity index (χ1v) is 4.95. The Hall–Kier alpha value is 0.180. The van der Waals surface area contributed by atoms with Crippen LogP contribution in [0, 0.1) is 0 Å². The molecule has 0 amide bonds. The number of thioether (sulfide) groups is 2. The second kappa shape index (κ2) is 3.05. The molecule has 1 heterocycles. The van der Waals surface area contributed by atoms with Crippen molar-refractivity contribution in [1.82, 2.24) is 0 Å². The van der Waals surface area contributed by atoms with Crippen molar-refractivity contribution >= 4 is 23.5 Å². The van der Waals surface area contributed by atoms with Gasteiger partial charge in [0.25, 0.3) is 0 Å². The molecule has 0 bridgehead atoms. The van der Waals surface area contributed by atoms with Crippen LogP contribution in [-0.2, 0) is 0 Å². The molecule has 0 spiro atoms. The van der Waals surface area contributed by atoms with E-state index in [4.69, 9.17) is 0 Å². The lowest BCUT2D eigenvalue weighted by Crippen LogP contribution is -1.85. The van der Waals surface area contributed by atoms with Gasteiger partial charge in [0.2, 0.25) is 0 Å². The van der Waals surface area contributed by atoms with Gasteiger partial charge in [0.15, 0.2) is 0 Å². The molecule has 0 nitrogen and oxygen atoms in total. The third kappa shape index (κ3) is 1.61. The first-order valence-electron chi connectivity index (χ1n) is 3.32. The molecular formula is C8H12S2. The molecule has 1 aliphatic heterocycles. The maximum atomic E-state index is 2.18. The van der Waals surface area contributed by atoms with E-state index in [1.165, 1.54) is 19.6 Å². The summed E-state index contributed by atoms with van der Waals surface area (Å²) in [6.07, 6.45) is 0. The van der Waals surface area contributed by atoms with E-state index in [0.29, 0.717) is 0 Å². The van der Waals surface area contributed by atoms with Gasteiger partial charge in [-0.05, 0) is 47.3 Å². The van der Waals surface area contributed by atoms with E-state index < -0.39 is 0 Å². The van der Waals surface area contributed by atoms with Crippen molar-refractivity contribution in [2.24, 2.45) is 0 Å². The van der Waals surface area contributed by atoms with Crippen LogP contribution in [0.25, 0.3) is 0 Å². The van der Waals surface area contributed by atoms with Gasteiger partial charge in [0.1, 0.15) is 0 Å². The summed E-state index contributed by atoms with van der Waals surface area (Å²) in [6.45, 7) is 8.73. The van der Waals surface area contributed by atoms with Gasteiger partial charge in [-0.25, -0.2) is 0 Å². The second-order valence-corrected chi connectivity index (χ2v) is 5.29. The second-order valence-electron chi connectivity index (χ2n) is 2.43. The first-order chi connectivity index (χ1) is 4.61. The van der Waals surface area contributed by atoms with Crippen molar-refractivity contribution in [3.63, 3.8) is 0 Å². The molecule has 2 heteroatoms. The maximum Gasteiger partial charge on any atom is -0.00408 e. The monoisotopic (exact) mass is 172 g/mol. The van der Waals surface area contributed by atoms with E-state index in [9.17, 15) is 0 Å². The largest absolute Gasteiger partial charge is 0.0979 e. The number of allylic oxidation sites excluding steroid dienone is 4. The molecule has 0 unspecified atom stereocenters. The average molecular weight is 172 g/mol. The summed E-state index contributed by atoms with van der Waals surface area (Å²) in [6, 6.07) is 0. The Morgan fingerprint density at radius 3 is 1.00 bits per heavy atom. The van der Waals surface area contributed by atoms with Crippen LogP contribution in [0.2, 0.25) is 0 Å². The average Bonchev–Trinajstić information content (AvgIpc) is 1.84. The standard InChI is InChI=1S/C8H12S2/c1-5-6(2)10-8(4)7(3)9-5/h1-4H3. The highest BCUT2D eigenvalue weighted by molar-refractivity contribution is 8.13. The van der Waals surface area contributed by atoms with Gasteiger partial charge >= 0.3 is 0 Å². The Labute approximate surface area is 71.2 Å². The van der Waals surface area contributed by atoms with Crippen LogP contribution in [0.15, 0.2) is 19.6 Å². The molecule has 0 saturated carbocycles. The maximum absolute atomic E-state index is 2.18. The molecule has 0 aliphatic carbocycles. The van der Waals surface area contributed by atoms with Crippen LogP contribution < -0.4 is 0 Å². The zero-order valence-electron chi connectivity index (χ0n) is 6.82. The molecule has 0 radical (unpaired) electrons. The normalized spacial score (nSPS) is 20.4. The minimum absolute atomic E-state index is 1.45. The van der Waals surface area contributed by atoms with Crippen LogP contribution in [0.4, 0.5) is 0 Å². The lowest BCUT2D eigenvalue weighted by Gasteiger charge is -2.15. The zero-order chi connectivity index (χ0) is 7.72. The Morgan fingerprint density at radius 1 is 0.600 bits per heavy atom. The third-order valence-corrected chi connectivity index (χ3v) is 4.31. The summed E-state index contributed by atoms with van der Waals surface area (Å²) >= 11 is 3.79. The van der Waals surface area contributed by atoms with Crippen molar-refractivity contribution in [3.05, 3.63) is 19.6 Å². The molecule has 0 aromatic carbocycles. The Bertz CT molecular complexity index is 167. The molecule has 1 rings (SSSR count). The zero-order valence-corrected chi connectivity index (χ0v) is 8.45. The van der Waals surface area contributed by atoms with Gasteiger partial charge in [-0.3, -0.25) is 0 Å². The van der Waals surface area contributed by atoms with Gasteiger partial charge in [0.05, 0.1) is 0 Å². The fraction of sp³-hybridized carbons (Fsp3) is 0.500. The van der Waals surface area contributed by atoms with Gasteiger partial charge in [-0.1, -0.05) is 23.5 Å². The highest BCUT2D eigenvalue weighted by Gasteiger charge is 2.09. The van der Waals surface area contributed by atoms with Crippen LogP contribution >= 0.6 is 23.5 Å². The Balaban J connectivity index is 2.81. The van der Waals surface area contributed by atoms with E-state index in [0.717, 1.165) is 0 Å². The molecule has 0 aromatic heterocycles. The smallest absolute Gasteiger partial charge is 0.00408 e. The highest BCUT2D eigenvalue weighted by Crippen LogP contribution is 2.43. The summed E-state index contributed by atoms with van der Waals surface area (Å²) in [5.41, 5.74) is 0. The Morgan fingerprint density at radius 2 is 0.800 bits per heavy atom. The fourth-order valence-electron chi connectivity index (χ4n) is 0.747. The third-order valence-electron chi connectivity index (χ3n) is 1.60. The lowest BCUT2D eigenvalue weighted by molar-refractivity contribution is 1.49.